The molecule has 0 radical (unpaired) electrons. The van der Waals surface area contributed by atoms with Gasteiger partial charge in [-0.15, -0.1) is 11.3 Å². The zero-order chi connectivity index (χ0) is 16.9. The third-order valence-corrected chi connectivity index (χ3v) is 4.22. The number of aryl methyl sites for hydroxylation is 1. The van der Waals surface area contributed by atoms with Gasteiger partial charge in [-0.05, 0) is 25.1 Å². The van der Waals surface area contributed by atoms with Crippen LogP contribution in [-0.4, -0.2) is 11.6 Å². The Bertz CT molecular complexity index is 841. The fourth-order valence-electron chi connectivity index (χ4n) is 2.20. The van der Waals surface area contributed by atoms with Crippen molar-refractivity contribution in [3.05, 3.63) is 70.0 Å². The number of hydrogen-bond donors (Lipinski definition) is 0. The van der Waals surface area contributed by atoms with E-state index in [-0.39, 0.29) is 5.75 Å². The van der Waals surface area contributed by atoms with Crippen LogP contribution < -0.4 is 4.74 Å². The van der Waals surface area contributed by atoms with Crippen molar-refractivity contribution in [2.75, 3.05) is 0 Å². The lowest BCUT2D eigenvalue weighted by atomic mass is 10.1. The molecule has 0 amide bonds. The molecule has 0 aliphatic carbocycles. The molecule has 24 heavy (non-hydrogen) atoms. The van der Waals surface area contributed by atoms with E-state index in [2.05, 4.69) is 9.72 Å². The Morgan fingerprint density at radius 1 is 1.04 bits per heavy atom. The molecule has 1 heterocycles. The predicted molar refractivity (Wildman–Crippen MR) is 94.3 cm³/mol. The molecule has 0 fully saturated rings. The molecule has 2 nitrogen and oxygen atoms in total. The third kappa shape index (κ3) is 4.06. The molecule has 122 valence electrons. The smallest absolute Gasteiger partial charge is 0.387 e. The van der Waals surface area contributed by atoms with Gasteiger partial charge in [0.1, 0.15) is 10.8 Å². The van der Waals surface area contributed by atoms with Crippen LogP contribution in [0.4, 0.5) is 8.78 Å². The lowest BCUT2D eigenvalue weighted by Crippen LogP contribution is -2.02. The Hall–Kier alpha value is -2.53. The zero-order valence-corrected chi connectivity index (χ0v) is 13.8. The molecule has 0 saturated heterocycles. The third-order valence-electron chi connectivity index (χ3n) is 3.41. The van der Waals surface area contributed by atoms with Crippen molar-refractivity contribution in [3.63, 3.8) is 0 Å². The number of hydrogen-bond acceptors (Lipinski definition) is 3. The number of halogens is 2. The summed E-state index contributed by atoms with van der Waals surface area (Å²) in [5, 5.41) is 2.78. The van der Waals surface area contributed by atoms with Gasteiger partial charge in [0.25, 0.3) is 0 Å². The summed E-state index contributed by atoms with van der Waals surface area (Å²) < 4.78 is 29.4. The first kappa shape index (κ1) is 16.3. The molecular formula is C19H15F2NOS. The minimum atomic E-state index is -2.84. The molecule has 0 aliphatic heterocycles. The van der Waals surface area contributed by atoms with Gasteiger partial charge in [0.05, 0.1) is 5.69 Å². The van der Waals surface area contributed by atoms with Gasteiger partial charge in [0.15, 0.2) is 0 Å². The van der Waals surface area contributed by atoms with Gasteiger partial charge in [0, 0.05) is 16.5 Å². The summed E-state index contributed by atoms with van der Waals surface area (Å²) in [4.78, 5) is 4.56. The highest BCUT2D eigenvalue weighted by Crippen LogP contribution is 2.26. The Balaban J connectivity index is 1.80. The maximum absolute atomic E-state index is 12.4. The molecule has 1 aromatic heterocycles. The highest BCUT2D eigenvalue weighted by molar-refractivity contribution is 7.10. The summed E-state index contributed by atoms with van der Waals surface area (Å²) in [6, 6.07) is 14.8. The first-order valence-electron chi connectivity index (χ1n) is 7.36. The molecule has 3 rings (SSSR count). The number of rotatable bonds is 5. The molecule has 0 bridgehead atoms. The second kappa shape index (κ2) is 7.36. The van der Waals surface area contributed by atoms with E-state index in [1.54, 1.807) is 30.4 Å². The van der Waals surface area contributed by atoms with Crippen molar-refractivity contribution >= 4 is 23.5 Å². The van der Waals surface area contributed by atoms with Gasteiger partial charge in [-0.3, -0.25) is 0 Å². The fraction of sp³-hybridized carbons (Fsp3) is 0.105. The number of aromatic nitrogens is 1. The van der Waals surface area contributed by atoms with Gasteiger partial charge >= 0.3 is 6.61 Å². The van der Waals surface area contributed by atoms with Crippen LogP contribution in [0.5, 0.6) is 5.75 Å². The first-order valence-corrected chi connectivity index (χ1v) is 8.24. The summed E-state index contributed by atoms with van der Waals surface area (Å²) in [6.45, 7) is -0.801. The molecule has 0 spiro atoms. The van der Waals surface area contributed by atoms with Crippen molar-refractivity contribution in [1.82, 2.24) is 4.98 Å². The van der Waals surface area contributed by atoms with Gasteiger partial charge < -0.3 is 4.74 Å². The van der Waals surface area contributed by atoms with Crippen molar-refractivity contribution < 1.29 is 13.5 Å². The first-order chi connectivity index (χ1) is 11.6. The molecule has 0 atom stereocenters. The quantitative estimate of drug-likeness (QED) is 0.576. The highest BCUT2D eigenvalue weighted by Gasteiger charge is 2.07. The standard InChI is InChI=1S/C19H15F2NOS/c1-13-6-8-14(9-7-13)16-12-24-18(22-16)11-10-15-4-2-3-5-17(15)23-19(20)21/h2-12,19H,1H3/b11-10+. The van der Waals surface area contributed by atoms with E-state index in [0.717, 1.165) is 16.3 Å². The molecule has 0 aliphatic rings. The molecular weight excluding hydrogens is 328 g/mol. The zero-order valence-electron chi connectivity index (χ0n) is 12.9. The van der Waals surface area contributed by atoms with Crippen LogP contribution in [0.25, 0.3) is 23.4 Å². The summed E-state index contributed by atoms with van der Waals surface area (Å²) in [5.41, 5.74) is 3.74. The van der Waals surface area contributed by atoms with Gasteiger partial charge in [-0.2, -0.15) is 8.78 Å². The van der Waals surface area contributed by atoms with E-state index in [9.17, 15) is 8.78 Å². The van der Waals surface area contributed by atoms with Crippen LogP contribution in [0.15, 0.2) is 53.9 Å². The van der Waals surface area contributed by atoms with E-state index >= 15 is 0 Å². The van der Waals surface area contributed by atoms with Crippen LogP contribution in [0.2, 0.25) is 0 Å². The minimum Gasteiger partial charge on any atom is -0.434 e. The molecule has 0 unspecified atom stereocenters. The number of alkyl halides is 2. The van der Waals surface area contributed by atoms with Gasteiger partial charge in [0.2, 0.25) is 0 Å². The van der Waals surface area contributed by atoms with E-state index < -0.39 is 6.61 Å². The van der Waals surface area contributed by atoms with E-state index in [1.807, 2.05) is 36.6 Å². The summed E-state index contributed by atoms with van der Waals surface area (Å²) in [5.74, 6) is 0.152. The SMILES string of the molecule is Cc1ccc(-c2csc(/C=C/c3ccccc3OC(F)F)n2)cc1. The van der Waals surface area contributed by atoms with E-state index in [4.69, 9.17) is 0 Å². The van der Waals surface area contributed by atoms with Crippen molar-refractivity contribution in [2.24, 2.45) is 0 Å². The Morgan fingerprint density at radius 3 is 2.54 bits per heavy atom. The molecule has 0 saturated carbocycles. The maximum Gasteiger partial charge on any atom is 0.387 e. The molecule has 3 aromatic rings. The van der Waals surface area contributed by atoms with E-state index in [1.165, 1.54) is 23.0 Å². The van der Waals surface area contributed by atoms with Gasteiger partial charge in [-0.1, -0.05) is 48.0 Å². The summed E-state index contributed by atoms with van der Waals surface area (Å²) in [6.07, 6.45) is 3.53. The van der Waals surface area contributed by atoms with Gasteiger partial charge in [-0.25, -0.2) is 4.98 Å². The summed E-state index contributed by atoms with van der Waals surface area (Å²) in [7, 11) is 0. The highest BCUT2D eigenvalue weighted by atomic mass is 32.1. The average molecular weight is 343 g/mol. The topological polar surface area (TPSA) is 22.1 Å². The monoisotopic (exact) mass is 343 g/mol. The fourth-order valence-corrected chi connectivity index (χ4v) is 2.92. The summed E-state index contributed by atoms with van der Waals surface area (Å²) >= 11 is 1.50. The van der Waals surface area contributed by atoms with Crippen molar-refractivity contribution in [3.8, 4) is 17.0 Å². The minimum absolute atomic E-state index is 0.152. The maximum atomic E-state index is 12.4. The van der Waals surface area contributed by atoms with Crippen molar-refractivity contribution in [1.29, 1.82) is 0 Å². The van der Waals surface area contributed by atoms with Crippen LogP contribution in [0, 0.1) is 6.92 Å². The number of ether oxygens (including phenoxy) is 1. The number of nitrogens with zero attached hydrogens (tertiary/aromatic N) is 1. The second-order valence-corrected chi connectivity index (χ2v) is 6.08. The van der Waals surface area contributed by atoms with Crippen LogP contribution >= 0.6 is 11.3 Å². The molecule has 2 aromatic carbocycles. The average Bonchev–Trinajstić information content (AvgIpc) is 3.03. The van der Waals surface area contributed by atoms with Crippen LogP contribution in [-0.2, 0) is 0 Å². The van der Waals surface area contributed by atoms with Crippen molar-refractivity contribution in [2.45, 2.75) is 13.5 Å². The van der Waals surface area contributed by atoms with Crippen LogP contribution in [0.3, 0.4) is 0 Å². The normalized spacial score (nSPS) is 11.3. The predicted octanol–water partition coefficient (Wildman–Crippen LogP) is 5.89. The number of thiazole rings is 1. The lowest BCUT2D eigenvalue weighted by molar-refractivity contribution is -0.0499. The lowest BCUT2D eigenvalue weighted by Gasteiger charge is -2.06. The number of benzene rings is 2. The Morgan fingerprint density at radius 2 is 1.79 bits per heavy atom. The largest absolute Gasteiger partial charge is 0.434 e. The molecule has 0 N–H and O–H groups in total. The Kier molecular flexibility index (Phi) is 5.01. The number of para-hydroxylation sites is 1. The molecule has 5 heteroatoms. The van der Waals surface area contributed by atoms with E-state index in [0.29, 0.717) is 5.56 Å². The second-order valence-electron chi connectivity index (χ2n) is 5.19. The van der Waals surface area contributed by atoms with Crippen LogP contribution in [0.1, 0.15) is 16.1 Å². The Labute approximate surface area is 143 Å².